The van der Waals surface area contributed by atoms with Crippen molar-refractivity contribution < 1.29 is 18.0 Å². The fourth-order valence-corrected chi connectivity index (χ4v) is 5.76. The largest absolute Gasteiger partial charge is 0.417 e. The van der Waals surface area contributed by atoms with Gasteiger partial charge in [-0.1, -0.05) is 30.3 Å². The Morgan fingerprint density at radius 3 is 2.12 bits per heavy atom. The van der Waals surface area contributed by atoms with E-state index in [1.807, 2.05) is 24.3 Å². The molecule has 1 amide bonds. The molecule has 2 N–H and O–H groups in total. The highest BCUT2D eigenvalue weighted by atomic mass is 19.4. The van der Waals surface area contributed by atoms with Gasteiger partial charge in [-0.05, 0) is 93.3 Å². The van der Waals surface area contributed by atoms with Gasteiger partial charge in [-0.2, -0.15) is 13.2 Å². The number of alkyl halides is 3. The molecule has 9 heteroatoms. The number of amides is 1. The molecule has 3 aromatic carbocycles. The molecule has 0 radical (unpaired) electrons. The molecule has 2 fully saturated rings. The van der Waals surface area contributed by atoms with Crippen molar-refractivity contribution in [2.24, 2.45) is 0 Å². The molecule has 1 aromatic heterocycles. The Kier molecular flexibility index (Phi) is 7.33. The number of likely N-dealkylation sites (tertiary alicyclic amines) is 2. The number of carbonyl (C=O) groups excluding carboxylic acids is 1. The monoisotopic (exact) mass is 547 g/mol. The first-order valence-electron chi connectivity index (χ1n) is 13.9. The van der Waals surface area contributed by atoms with Crippen LogP contribution in [0, 0.1) is 0 Å². The lowest BCUT2D eigenvalue weighted by atomic mass is 10.0. The van der Waals surface area contributed by atoms with E-state index >= 15 is 0 Å². The molecule has 2 aliphatic rings. The zero-order valence-electron chi connectivity index (χ0n) is 22.2. The molecule has 40 heavy (non-hydrogen) atoms. The molecule has 0 aliphatic carbocycles. The molecular weight excluding hydrogens is 515 g/mol. The van der Waals surface area contributed by atoms with Gasteiger partial charge in [0.2, 0.25) is 0 Å². The number of carbonyl (C=O) groups is 1. The summed E-state index contributed by atoms with van der Waals surface area (Å²) in [5.74, 6) is -0.283. The molecule has 0 saturated carbocycles. The van der Waals surface area contributed by atoms with E-state index in [9.17, 15) is 18.0 Å². The fraction of sp³-hybridized carbons (Fsp3) is 0.355. The Hall–Kier alpha value is -3.69. The van der Waals surface area contributed by atoms with E-state index in [1.165, 1.54) is 30.5 Å². The standard InChI is InChI=1S/C31H32F3N5O/c32-31(33,34)26-18-22(20-39-16-3-4-17-39)10-13-24(26)29-36-27-7-5-6-25(28(27)37-29)30(40)35-23-11-8-21(9-12-23)19-38-14-1-2-15-38/h5-13,18H,1-4,14-17,19-20H2,(H,35,40)(H,36,37). The molecule has 3 heterocycles. The SMILES string of the molecule is O=C(Nc1ccc(CN2CCCC2)cc1)c1cccc2[nH]c(-c3ccc(CN4CCCC4)cc3C(F)(F)F)nc12. The van der Waals surface area contributed by atoms with Crippen LogP contribution in [0.25, 0.3) is 22.4 Å². The molecule has 0 bridgehead atoms. The Labute approximate surface area is 231 Å². The topological polar surface area (TPSA) is 64.3 Å². The van der Waals surface area contributed by atoms with Gasteiger partial charge in [0.25, 0.3) is 5.91 Å². The summed E-state index contributed by atoms with van der Waals surface area (Å²) in [6.45, 7) is 5.42. The Morgan fingerprint density at radius 2 is 1.48 bits per heavy atom. The molecule has 0 unspecified atom stereocenters. The van der Waals surface area contributed by atoms with E-state index in [0.717, 1.165) is 45.6 Å². The minimum absolute atomic E-state index is 0.0335. The summed E-state index contributed by atoms with van der Waals surface area (Å²) in [4.78, 5) is 25.3. The summed E-state index contributed by atoms with van der Waals surface area (Å²) in [7, 11) is 0. The third kappa shape index (κ3) is 5.76. The number of fused-ring (bicyclic) bond motifs is 1. The summed E-state index contributed by atoms with van der Waals surface area (Å²) >= 11 is 0. The summed E-state index contributed by atoms with van der Waals surface area (Å²) in [6.07, 6.45) is 0.0646. The molecule has 208 valence electrons. The van der Waals surface area contributed by atoms with Crippen molar-refractivity contribution in [2.75, 3.05) is 31.5 Å². The highest BCUT2D eigenvalue weighted by Crippen LogP contribution is 2.38. The highest BCUT2D eigenvalue weighted by molar-refractivity contribution is 6.11. The number of aromatic nitrogens is 2. The zero-order chi connectivity index (χ0) is 27.7. The lowest BCUT2D eigenvalue weighted by molar-refractivity contribution is -0.137. The minimum atomic E-state index is -4.55. The number of nitrogens with one attached hydrogen (secondary N) is 2. The van der Waals surface area contributed by atoms with Crippen LogP contribution < -0.4 is 5.32 Å². The number of hydrogen-bond donors (Lipinski definition) is 2. The summed E-state index contributed by atoms with van der Waals surface area (Å²) in [6, 6.07) is 17.2. The normalized spacial score (nSPS) is 16.7. The number of para-hydroxylation sites is 1. The van der Waals surface area contributed by atoms with Crippen LogP contribution in [0.5, 0.6) is 0 Å². The van der Waals surface area contributed by atoms with E-state index in [-0.39, 0.29) is 17.3 Å². The Balaban J connectivity index is 1.24. The van der Waals surface area contributed by atoms with Gasteiger partial charge < -0.3 is 10.3 Å². The maximum atomic E-state index is 14.2. The van der Waals surface area contributed by atoms with Crippen molar-refractivity contribution >= 4 is 22.6 Å². The second-order valence-corrected chi connectivity index (χ2v) is 10.8. The van der Waals surface area contributed by atoms with E-state index < -0.39 is 11.7 Å². The quantitative estimate of drug-likeness (QED) is 0.271. The number of benzene rings is 3. The molecule has 0 spiro atoms. The molecule has 2 saturated heterocycles. The number of imidazole rings is 1. The van der Waals surface area contributed by atoms with Crippen LogP contribution in [0.2, 0.25) is 0 Å². The average Bonchev–Trinajstić information content (AvgIpc) is 3.71. The van der Waals surface area contributed by atoms with Gasteiger partial charge in [-0.3, -0.25) is 14.6 Å². The Morgan fingerprint density at radius 1 is 0.850 bits per heavy atom. The van der Waals surface area contributed by atoms with Crippen molar-refractivity contribution in [2.45, 2.75) is 44.9 Å². The van der Waals surface area contributed by atoms with Crippen LogP contribution in [0.3, 0.4) is 0 Å². The van der Waals surface area contributed by atoms with Crippen molar-refractivity contribution in [1.82, 2.24) is 19.8 Å². The van der Waals surface area contributed by atoms with Crippen LogP contribution in [0.4, 0.5) is 18.9 Å². The molecule has 4 aromatic rings. The molecule has 2 aliphatic heterocycles. The van der Waals surface area contributed by atoms with Gasteiger partial charge in [0.1, 0.15) is 11.3 Å². The van der Waals surface area contributed by atoms with Crippen molar-refractivity contribution in [1.29, 1.82) is 0 Å². The molecule has 6 rings (SSSR count). The van der Waals surface area contributed by atoms with Crippen LogP contribution in [0.1, 0.15) is 52.7 Å². The lowest BCUT2D eigenvalue weighted by Gasteiger charge is -2.17. The second kappa shape index (κ2) is 11.1. The molecule has 6 nitrogen and oxygen atoms in total. The summed E-state index contributed by atoms with van der Waals surface area (Å²) in [5, 5.41) is 2.91. The number of hydrogen-bond acceptors (Lipinski definition) is 4. The van der Waals surface area contributed by atoms with Crippen molar-refractivity contribution in [3.63, 3.8) is 0 Å². The van der Waals surface area contributed by atoms with Crippen molar-refractivity contribution in [3.05, 3.63) is 82.9 Å². The predicted molar refractivity (Wildman–Crippen MR) is 150 cm³/mol. The number of rotatable bonds is 7. The number of anilines is 1. The van der Waals surface area contributed by atoms with Gasteiger partial charge in [0.05, 0.1) is 16.6 Å². The summed E-state index contributed by atoms with van der Waals surface area (Å²) < 4.78 is 42.5. The minimum Gasteiger partial charge on any atom is -0.338 e. The highest BCUT2D eigenvalue weighted by Gasteiger charge is 2.35. The van der Waals surface area contributed by atoms with Gasteiger partial charge in [-0.15, -0.1) is 0 Å². The predicted octanol–water partition coefficient (Wildman–Crippen LogP) is 6.69. The van der Waals surface area contributed by atoms with Gasteiger partial charge in [0, 0.05) is 24.3 Å². The third-order valence-corrected chi connectivity index (χ3v) is 7.82. The third-order valence-electron chi connectivity index (χ3n) is 7.82. The lowest BCUT2D eigenvalue weighted by Crippen LogP contribution is -2.19. The fourth-order valence-electron chi connectivity index (χ4n) is 5.76. The first kappa shape index (κ1) is 26.5. The van der Waals surface area contributed by atoms with Gasteiger partial charge >= 0.3 is 6.18 Å². The van der Waals surface area contributed by atoms with Crippen LogP contribution in [0.15, 0.2) is 60.7 Å². The van der Waals surface area contributed by atoms with Gasteiger partial charge in [0.15, 0.2) is 0 Å². The molecule has 0 atom stereocenters. The first-order valence-corrected chi connectivity index (χ1v) is 13.9. The smallest absolute Gasteiger partial charge is 0.338 e. The Bertz CT molecular complexity index is 1500. The average molecular weight is 548 g/mol. The first-order chi connectivity index (χ1) is 19.3. The summed E-state index contributed by atoms with van der Waals surface area (Å²) in [5.41, 5.74) is 2.81. The van der Waals surface area contributed by atoms with E-state index in [1.54, 1.807) is 24.3 Å². The number of aromatic amines is 1. The number of halogens is 3. The van der Waals surface area contributed by atoms with E-state index in [4.69, 9.17) is 0 Å². The van der Waals surface area contributed by atoms with E-state index in [0.29, 0.717) is 34.4 Å². The van der Waals surface area contributed by atoms with Crippen molar-refractivity contribution in [3.8, 4) is 11.4 Å². The molecular formula is C31H32F3N5O. The van der Waals surface area contributed by atoms with Crippen LogP contribution in [-0.4, -0.2) is 51.9 Å². The second-order valence-electron chi connectivity index (χ2n) is 10.8. The maximum Gasteiger partial charge on any atom is 0.417 e. The number of nitrogens with zero attached hydrogens (tertiary/aromatic N) is 3. The maximum absolute atomic E-state index is 14.2. The van der Waals surface area contributed by atoms with Crippen LogP contribution >= 0.6 is 0 Å². The number of H-pyrrole nitrogens is 1. The van der Waals surface area contributed by atoms with Gasteiger partial charge in [-0.25, -0.2) is 4.98 Å². The zero-order valence-corrected chi connectivity index (χ0v) is 22.2. The van der Waals surface area contributed by atoms with E-state index in [2.05, 4.69) is 25.1 Å². The van der Waals surface area contributed by atoms with Crippen LogP contribution in [-0.2, 0) is 19.3 Å².